The topological polar surface area (TPSA) is 108 Å². The fourth-order valence-corrected chi connectivity index (χ4v) is 1.70. The molecule has 0 unspecified atom stereocenters. The van der Waals surface area contributed by atoms with Crippen LogP contribution in [0.2, 0.25) is 0 Å². The number of rotatable bonds is 5. The van der Waals surface area contributed by atoms with Gasteiger partial charge in [-0.05, 0) is 18.2 Å². The van der Waals surface area contributed by atoms with Gasteiger partial charge in [0.25, 0.3) is 0 Å². The fourth-order valence-electron chi connectivity index (χ4n) is 1.23. The van der Waals surface area contributed by atoms with E-state index in [1.165, 1.54) is 0 Å². The van der Waals surface area contributed by atoms with Gasteiger partial charge in [0.15, 0.2) is 0 Å². The van der Waals surface area contributed by atoms with Crippen LogP contribution in [-0.4, -0.2) is 27.8 Å². The molecule has 0 spiro atoms. The van der Waals surface area contributed by atoms with Crippen molar-refractivity contribution >= 4 is 21.4 Å². The third-order valence-corrected chi connectivity index (χ3v) is 2.71. The maximum absolute atomic E-state index is 10.8. The smallest absolute Gasteiger partial charge is 0.208 e. The highest BCUT2D eigenvalue weighted by Crippen LogP contribution is 2.18. The number of nitrogens with zero attached hydrogens (tertiary/aromatic N) is 1. The summed E-state index contributed by atoms with van der Waals surface area (Å²) in [7, 11) is -3.16. The number of anilines is 2. The molecule has 0 aliphatic heterocycles. The van der Waals surface area contributed by atoms with Crippen molar-refractivity contribution < 1.29 is 8.42 Å². The lowest BCUT2D eigenvalue weighted by molar-refractivity contribution is 0.589. The van der Waals surface area contributed by atoms with Gasteiger partial charge in [-0.25, -0.2) is 13.1 Å². The Morgan fingerprint density at radius 2 is 2.12 bits per heavy atom. The Morgan fingerprint density at radius 1 is 1.41 bits per heavy atom. The van der Waals surface area contributed by atoms with Crippen molar-refractivity contribution in [2.75, 3.05) is 30.4 Å². The highest BCUT2D eigenvalue weighted by atomic mass is 32.2. The third kappa shape index (κ3) is 4.72. The number of sulfonamides is 1. The van der Waals surface area contributed by atoms with Crippen molar-refractivity contribution in [3.8, 4) is 6.07 Å². The number of nitrogens with one attached hydrogen (secondary N) is 2. The molecule has 0 aliphatic carbocycles. The first kappa shape index (κ1) is 13.3. The van der Waals surface area contributed by atoms with Crippen molar-refractivity contribution in [2.45, 2.75) is 0 Å². The van der Waals surface area contributed by atoms with Gasteiger partial charge in [-0.15, -0.1) is 0 Å². The van der Waals surface area contributed by atoms with Crippen molar-refractivity contribution in [1.29, 1.82) is 5.26 Å². The highest BCUT2D eigenvalue weighted by Gasteiger charge is 2.01. The molecule has 1 rings (SSSR count). The number of hydrogen-bond acceptors (Lipinski definition) is 5. The van der Waals surface area contributed by atoms with Gasteiger partial charge < -0.3 is 11.1 Å². The summed E-state index contributed by atoms with van der Waals surface area (Å²) in [6.45, 7) is 0.696. The van der Waals surface area contributed by atoms with Crippen LogP contribution in [-0.2, 0) is 10.0 Å². The molecular formula is C10H14N4O2S. The van der Waals surface area contributed by atoms with E-state index in [2.05, 4.69) is 10.0 Å². The van der Waals surface area contributed by atoms with Crippen molar-refractivity contribution in [1.82, 2.24) is 4.72 Å². The molecule has 17 heavy (non-hydrogen) atoms. The second-order valence-electron chi connectivity index (χ2n) is 3.51. The van der Waals surface area contributed by atoms with Crippen molar-refractivity contribution in [3.63, 3.8) is 0 Å². The Labute approximate surface area is 100 Å². The summed E-state index contributed by atoms with van der Waals surface area (Å²) in [5.41, 5.74) is 7.34. The molecule has 0 atom stereocenters. The number of benzene rings is 1. The molecule has 0 bridgehead atoms. The minimum atomic E-state index is -3.16. The van der Waals surface area contributed by atoms with Gasteiger partial charge >= 0.3 is 0 Å². The lowest BCUT2D eigenvalue weighted by Crippen LogP contribution is -2.27. The predicted molar refractivity (Wildman–Crippen MR) is 66.9 cm³/mol. The third-order valence-electron chi connectivity index (χ3n) is 1.99. The van der Waals surface area contributed by atoms with E-state index < -0.39 is 10.0 Å². The summed E-state index contributed by atoms with van der Waals surface area (Å²) in [4.78, 5) is 0. The van der Waals surface area contributed by atoms with Crippen LogP contribution in [0.15, 0.2) is 18.2 Å². The van der Waals surface area contributed by atoms with Crippen LogP contribution in [0.5, 0.6) is 0 Å². The Kier molecular flexibility index (Phi) is 4.31. The second-order valence-corrected chi connectivity index (χ2v) is 5.34. The summed E-state index contributed by atoms with van der Waals surface area (Å²) >= 11 is 0. The number of nitrogens with two attached hydrogens (primary N) is 1. The first-order chi connectivity index (χ1) is 7.92. The molecule has 4 N–H and O–H groups in total. The van der Waals surface area contributed by atoms with Gasteiger partial charge in [-0.3, -0.25) is 0 Å². The minimum Gasteiger partial charge on any atom is -0.397 e. The molecule has 6 nitrogen and oxygen atoms in total. The molecule has 0 heterocycles. The van der Waals surface area contributed by atoms with Gasteiger partial charge in [-0.1, -0.05) is 0 Å². The zero-order valence-corrected chi connectivity index (χ0v) is 10.2. The fraction of sp³-hybridized carbons (Fsp3) is 0.300. The van der Waals surface area contributed by atoms with Crippen LogP contribution in [0.3, 0.4) is 0 Å². The first-order valence-corrected chi connectivity index (χ1v) is 6.79. The molecule has 0 fully saturated rings. The molecule has 1 aromatic carbocycles. The zero-order chi connectivity index (χ0) is 12.9. The number of hydrogen-bond donors (Lipinski definition) is 3. The average molecular weight is 254 g/mol. The van der Waals surface area contributed by atoms with E-state index >= 15 is 0 Å². The summed E-state index contributed by atoms with van der Waals surface area (Å²) < 4.78 is 23.9. The molecule has 0 aromatic heterocycles. The maximum Gasteiger partial charge on any atom is 0.208 e. The van der Waals surface area contributed by atoms with Gasteiger partial charge in [0, 0.05) is 13.1 Å². The Hall–Kier alpha value is -1.78. The minimum absolute atomic E-state index is 0.276. The van der Waals surface area contributed by atoms with Gasteiger partial charge in [0.2, 0.25) is 10.0 Å². The quantitative estimate of drug-likeness (QED) is 0.510. The largest absolute Gasteiger partial charge is 0.397 e. The average Bonchev–Trinajstić information content (AvgIpc) is 2.24. The monoisotopic (exact) mass is 254 g/mol. The molecule has 0 saturated carbocycles. The summed E-state index contributed by atoms with van der Waals surface area (Å²) in [6, 6.07) is 6.87. The highest BCUT2D eigenvalue weighted by molar-refractivity contribution is 7.88. The van der Waals surface area contributed by atoms with E-state index in [4.69, 9.17) is 11.0 Å². The lowest BCUT2D eigenvalue weighted by Gasteiger charge is -2.09. The lowest BCUT2D eigenvalue weighted by atomic mass is 10.2. The van der Waals surface area contributed by atoms with Crippen LogP contribution >= 0.6 is 0 Å². The summed E-state index contributed by atoms with van der Waals surface area (Å²) in [5.74, 6) is 0. The molecule has 1 aromatic rings. The molecule has 0 aliphatic rings. The van der Waals surface area contributed by atoms with E-state index in [-0.39, 0.29) is 6.54 Å². The van der Waals surface area contributed by atoms with Crippen LogP contribution in [0.1, 0.15) is 5.56 Å². The number of nitrogen functional groups attached to an aromatic ring is 1. The first-order valence-electron chi connectivity index (χ1n) is 4.90. The van der Waals surface area contributed by atoms with Crippen molar-refractivity contribution in [3.05, 3.63) is 23.8 Å². The molecule has 0 radical (unpaired) electrons. The number of nitriles is 1. The Balaban J connectivity index is 2.51. The predicted octanol–water partition coefficient (Wildman–Crippen LogP) is 0.102. The molecule has 0 amide bonds. The van der Waals surface area contributed by atoms with Gasteiger partial charge in [0.05, 0.1) is 29.3 Å². The van der Waals surface area contributed by atoms with Gasteiger partial charge in [0.1, 0.15) is 0 Å². The van der Waals surface area contributed by atoms with E-state index in [1.54, 1.807) is 18.2 Å². The summed E-state index contributed by atoms with van der Waals surface area (Å²) in [6.07, 6.45) is 1.10. The maximum atomic E-state index is 10.8. The van der Waals surface area contributed by atoms with E-state index in [9.17, 15) is 8.42 Å². The van der Waals surface area contributed by atoms with Crippen LogP contribution in [0.4, 0.5) is 11.4 Å². The molecule has 92 valence electrons. The van der Waals surface area contributed by atoms with Crippen molar-refractivity contribution in [2.24, 2.45) is 0 Å². The van der Waals surface area contributed by atoms with Crippen LogP contribution in [0.25, 0.3) is 0 Å². The SMILES string of the molecule is CS(=O)(=O)NCCNc1ccc(C#N)cc1N. The Bertz CT molecular complexity index is 534. The second kappa shape index (κ2) is 5.52. The van der Waals surface area contributed by atoms with E-state index in [1.807, 2.05) is 6.07 Å². The van der Waals surface area contributed by atoms with Crippen LogP contribution < -0.4 is 15.8 Å². The molecule has 7 heteroatoms. The Morgan fingerprint density at radius 3 is 2.65 bits per heavy atom. The standard InChI is InChI=1S/C10H14N4O2S/c1-17(15,16)14-5-4-13-10-3-2-8(7-11)6-9(10)12/h2-3,6,13-14H,4-5,12H2,1H3. The van der Waals surface area contributed by atoms with E-state index in [0.717, 1.165) is 6.26 Å². The summed E-state index contributed by atoms with van der Waals surface area (Å²) in [5, 5.41) is 11.6. The van der Waals surface area contributed by atoms with E-state index in [0.29, 0.717) is 23.5 Å². The zero-order valence-electron chi connectivity index (χ0n) is 9.40. The normalized spacial score (nSPS) is 10.8. The van der Waals surface area contributed by atoms with Gasteiger partial charge in [-0.2, -0.15) is 5.26 Å². The molecule has 0 saturated heterocycles. The van der Waals surface area contributed by atoms with Crippen LogP contribution in [0, 0.1) is 11.3 Å². The molecular weight excluding hydrogens is 240 g/mol.